The lowest BCUT2D eigenvalue weighted by molar-refractivity contribution is -0.239. The minimum atomic E-state index is -4.60. The number of likely N-dealkylation sites (N-methyl/N-ethyl adjacent to an activating group) is 1. The summed E-state index contributed by atoms with van der Waals surface area (Å²) in [6, 6.07) is 2.99. The van der Waals surface area contributed by atoms with Crippen LogP contribution in [0.5, 0.6) is 0 Å². The van der Waals surface area contributed by atoms with E-state index in [-0.39, 0.29) is 40.2 Å². The average Bonchev–Trinajstić information content (AvgIpc) is 2.62. The topological polar surface area (TPSA) is 59.0 Å². The van der Waals surface area contributed by atoms with E-state index in [2.05, 4.69) is 11.6 Å². The number of rotatable bonds is 8. The zero-order valence-electron chi connectivity index (χ0n) is 17.8. The van der Waals surface area contributed by atoms with E-state index in [4.69, 9.17) is 16.3 Å². The lowest BCUT2D eigenvalue weighted by atomic mass is 10.1. The van der Waals surface area contributed by atoms with Crippen LogP contribution in [0.15, 0.2) is 52.1 Å². The van der Waals surface area contributed by atoms with Crippen molar-refractivity contribution in [1.82, 2.24) is 4.31 Å². The van der Waals surface area contributed by atoms with Crippen molar-refractivity contribution >= 4 is 27.5 Å². The molecule has 1 aromatic rings. The van der Waals surface area contributed by atoms with Gasteiger partial charge in [0.2, 0.25) is 0 Å². The van der Waals surface area contributed by atoms with Crippen molar-refractivity contribution in [3.63, 3.8) is 0 Å². The van der Waals surface area contributed by atoms with Crippen LogP contribution in [0.25, 0.3) is 0 Å². The number of hydrogen-bond acceptors (Lipinski definition) is 4. The summed E-state index contributed by atoms with van der Waals surface area (Å²) in [5.74, 6) is -0.929. The molecule has 1 rings (SSSR count). The molecule has 0 spiro atoms. The van der Waals surface area contributed by atoms with Gasteiger partial charge < -0.3 is 4.74 Å². The number of allylic oxidation sites excluding steroid dienone is 2. The zero-order chi connectivity index (χ0) is 24.2. The molecule has 0 aliphatic heterocycles. The summed E-state index contributed by atoms with van der Waals surface area (Å²) in [5, 5.41) is -0.351. The Kier molecular flexibility index (Phi) is 8.73. The van der Waals surface area contributed by atoms with E-state index in [1.165, 1.54) is 13.0 Å². The molecule has 0 fully saturated rings. The van der Waals surface area contributed by atoms with Gasteiger partial charge in [0.25, 0.3) is 10.0 Å². The molecule has 0 heterocycles. The molecule has 0 aliphatic carbocycles. The maximum Gasteiger partial charge on any atom is 0.427 e. The van der Waals surface area contributed by atoms with E-state index in [0.29, 0.717) is 0 Å². The van der Waals surface area contributed by atoms with Crippen LogP contribution in [-0.2, 0) is 14.8 Å². The SMILES string of the molecule is C=C(/C=C(\C)N=C(CC)OC(C)(C)C(F)(F)F)N(CC)S(=O)(=O)c1ccc(F)c(Cl)c1. The molecule has 31 heavy (non-hydrogen) atoms. The van der Waals surface area contributed by atoms with Gasteiger partial charge in [-0.2, -0.15) is 13.2 Å². The fraction of sp³-hybridized carbons (Fsp3) is 0.450. The fourth-order valence-electron chi connectivity index (χ4n) is 2.36. The summed E-state index contributed by atoms with van der Waals surface area (Å²) in [6.45, 7) is 10.1. The Balaban J connectivity index is 3.21. The number of aliphatic imine (C=N–C) groups is 1. The van der Waals surface area contributed by atoms with Crippen LogP contribution < -0.4 is 0 Å². The van der Waals surface area contributed by atoms with Crippen LogP contribution in [0.2, 0.25) is 5.02 Å². The van der Waals surface area contributed by atoms with E-state index in [1.54, 1.807) is 13.8 Å². The van der Waals surface area contributed by atoms with E-state index < -0.39 is 27.6 Å². The Morgan fingerprint density at radius 2 is 1.87 bits per heavy atom. The van der Waals surface area contributed by atoms with E-state index in [9.17, 15) is 26.0 Å². The van der Waals surface area contributed by atoms with Crippen LogP contribution in [0.1, 0.15) is 41.0 Å². The van der Waals surface area contributed by atoms with Gasteiger partial charge in [-0.25, -0.2) is 17.8 Å². The first-order valence-electron chi connectivity index (χ1n) is 9.25. The summed E-state index contributed by atoms with van der Waals surface area (Å²) < 4.78 is 84.3. The van der Waals surface area contributed by atoms with Gasteiger partial charge >= 0.3 is 6.18 Å². The van der Waals surface area contributed by atoms with Crippen LogP contribution in [0.3, 0.4) is 0 Å². The van der Waals surface area contributed by atoms with Crippen LogP contribution in [-0.4, -0.2) is 36.9 Å². The maximum absolute atomic E-state index is 13.4. The Labute approximate surface area is 185 Å². The Morgan fingerprint density at radius 3 is 2.32 bits per heavy atom. The van der Waals surface area contributed by atoms with Crippen molar-refractivity contribution in [3.8, 4) is 0 Å². The molecule has 174 valence electrons. The van der Waals surface area contributed by atoms with Gasteiger partial charge in [0, 0.05) is 24.4 Å². The number of nitrogens with zero attached hydrogens (tertiary/aromatic N) is 2. The summed E-state index contributed by atoms with van der Waals surface area (Å²) >= 11 is 5.69. The van der Waals surface area contributed by atoms with Gasteiger partial charge in [-0.15, -0.1) is 0 Å². The van der Waals surface area contributed by atoms with Gasteiger partial charge in [-0.1, -0.05) is 25.1 Å². The van der Waals surface area contributed by atoms with Crippen molar-refractivity contribution in [2.45, 2.75) is 57.7 Å². The van der Waals surface area contributed by atoms with Crippen LogP contribution in [0.4, 0.5) is 17.6 Å². The summed E-state index contributed by atoms with van der Waals surface area (Å²) in [7, 11) is -4.11. The molecular formula is C20H25ClF4N2O3S. The first-order chi connectivity index (χ1) is 14.1. The summed E-state index contributed by atoms with van der Waals surface area (Å²) in [5.41, 5.74) is -2.25. The lowest BCUT2D eigenvalue weighted by Gasteiger charge is -2.29. The smallest absolute Gasteiger partial charge is 0.427 e. The molecule has 0 radical (unpaired) electrons. The van der Waals surface area contributed by atoms with Gasteiger partial charge in [0.05, 0.1) is 9.92 Å². The lowest BCUT2D eigenvalue weighted by Crippen LogP contribution is -2.43. The second-order valence-corrected chi connectivity index (χ2v) is 9.26. The number of benzene rings is 1. The quantitative estimate of drug-likeness (QED) is 0.195. The molecule has 0 saturated heterocycles. The third-order valence-corrected chi connectivity index (χ3v) is 6.33. The largest absolute Gasteiger partial charge is 0.465 e. The first kappa shape index (κ1) is 27.0. The molecule has 0 atom stereocenters. The first-order valence-corrected chi connectivity index (χ1v) is 11.1. The average molecular weight is 485 g/mol. The fourth-order valence-corrected chi connectivity index (χ4v) is 4.07. The number of sulfonamides is 1. The van der Waals surface area contributed by atoms with Crippen molar-refractivity contribution in [2.24, 2.45) is 4.99 Å². The number of hydrogen-bond donors (Lipinski definition) is 0. The van der Waals surface area contributed by atoms with E-state index in [1.807, 2.05) is 0 Å². The molecule has 0 N–H and O–H groups in total. The molecule has 0 aromatic heterocycles. The molecule has 0 saturated carbocycles. The predicted octanol–water partition coefficient (Wildman–Crippen LogP) is 6.07. The number of ether oxygens (including phenoxy) is 1. The van der Waals surface area contributed by atoms with Gasteiger partial charge in [0.1, 0.15) is 5.82 Å². The standard InChI is InChI=1S/C20H25ClF4N2O3S/c1-7-18(30-19(5,6)20(23,24)25)26-13(3)11-14(4)27(8-2)31(28,29)15-9-10-17(22)16(21)12-15/h9-12H,4,7-8H2,1-3,5-6H3/b13-11+,26-18?. The third-order valence-electron chi connectivity index (χ3n) is 4.12. The minimum Gasteiger partial charge on any atom is -0.465 e. The molecule has 0 bridgehead atoms. The molecule has 5 nitrogen and oxygen atoms in total. The second-order valence-electron chi connectivity index (χ2n) is 6.99. The third kappa shape index (κ3) is 6.70. The highest BCUT2D eigenvalue weighted by Gasteiger charge is 2.50. The Bertz CT molecular complexity index is 987. The predicted molar refractivity (Wildman–Crippen MR) is 113 cm³/mol. The molecule has 11 heteroatoms. The van der Waals surface area contributed by atoms with Crippen LogP contribution in [0, 0.1) is 5.82 Å². The normalized spacial score (nSPS) is 13.9. The Hall–Kier alpha value is -2.07. The summed E-state index contributed by atoms with van der Waals surface area (Å²) in [6.07, 6.45) is -3.22. The van der Waals surface area contributed by atoms with Crippen molar-refractivity contribution in [1.29, 1.82) is 0 Å². The van der Waals surface area contributed by atoms with E-state index >= 15 is 0 Å². The van der Waals surface area contributed by atoms with Gasteiger partial charge in [-0.05, 0) is 52.0 Å². The number of halogens is 5. The number of alkyl halides is 3. The van der Waals surface area contributed by atoms with Gasteiger partial charge in [0.15, 0.2) is 11.5 Å². The van der Waals surface area contributed by atoms with Crippen LogP contribution >= 0.6 is 11.6 Å². The van der Waals surface area contributed by atoms with E-state index in [0.717, 1.165) is 36.4 Å². The van der Waals surface area contributed by atoms with Crippen molar-refractivity contribution in [2.75, 3.05) is 6.54 Å². The molecule has 1 aromatic carbocycles. The second kappa shape index (κ2) is 10.0. The Morgan fingerprint density at radius 1 is 1.29 bits per heavy atom. The molecular weight excluding hydrogens is 460 g/mol. The molecule has 0 amide bonds. The summed E-state index contributed by atoms with van der Waals surface area (Å²) in [4.78, 5) is 3.80. The molecule has 0 unspecified atom stereocenters. The minimum absolute atomic E-state index is 0.00901. The highest BCUT2D eigenvalue weighted by molar-refractivity contribution is 7.89. The molecule has 0 aliphatic rings. The zero-order valence-corrected chi connectivity index (χ0v) is 19.4. The highest BCUT2D eigenvalue weighted by Crippen LogP contribution is 2.33. The maximum atomic E-state index is 13.4. The monoisotopic (exact) mass is 484 g/mol. The van der Waals surface area contributed by atoms with Crippen molar-refractivity contribution in [3.05, 3.63) is 53.1 Å². The van der Waals surface area contributed by atoms with Gasteiger partial charge in [-0.3, -0.25) is 4.31 Å². The van der Waals surface area contributed by atoms with Crippen molar-refractivity contribution < 1.29 is 30.7 Å². The highest BCUT2D eigenvalue weighted by atomic mass is 35.5.